The number of phosphoric acid groups is 3. The van der Waals surface area contributed by atoms with Gasteiger partial charge in [0.15, 0.2) is 17.4 Å². The zero-order valence-corrected chi connectivity index (χ0v) is 20.9. The summed E-state index contributed by atoms with van der Waals surface area (Å²) in [6.07, 6.45) is -4.92. The number of fused-ring (bicyclic) bond motifs is 1. The van der Waals surface area contributed by atoms with Crippen molar-refractivity contribution in [3.05, 3.63) is 16.7 Å². The summed E-state index contributed by atoms with van der Waals surface area (Å²) in [7, 11) is -14.3. The van der Waals surface area contributed by atoms with E-state index in [9.17, 15) is 33.4 Å². The van der Waals surface area contributed by atoms with Crippen molar-refractivity contribution < 1.29 is 59.9 Å². The van der Waals surface area contributed by atoms with Crippen LogP contribution in [0, 0.1) is 0 Å². The van der Waals surface area contributed by atoms with E-state index in [0.29, 0.717) is 14.2 Å². The number of H-pyrrole nitrogens is 1. The number of aromatic amines is 1. The molecule has 0 aliphatic carbocycles. The van der Waals surface area contributed by atoms with Crippen molar-refractivity contribution >= 4 is 52.2 Å². The number of aromatic nitrogens is 4. The summed E-state index contributed by atoms with van der Waals surface area (Å²) in [5.74, 6) is -0.342. The van der Waals surface area contributed by atoms with Crippen molar-refractivity contribution in [1.29, 1.82) is 0 Å². The molecule has 0 radical (unpaired) electrons. The fourth-order valence-electron chi connectivity index (χ4n) is 2.78. The van der Waals surface area contributed by atoms with Crippen LogP contribution in [0.5, 0.6) is 0 Å². The molecule has 0 amide bonds. The van der Waals surface area contributed by atoms with Crippen LogP contribution in [0.15, 0.2) is 11.1 Å². The van der Waals surface area contributed by atoms with E-state index in [2.05, 4.69) is 37.1 Å². The van der Waals surface area contributed by atoms with E-state index in [-0.39, 0.29) is 17.1 Å². The third-order valence-corrected chi connectivity index (χ3v) is 9.39. The number of aliphatic hydroxyl groups is 1. The molecule has 1 saturated heterocycles. The fraction of sp³-hybridized carbons (Fsp3) is 0.583. The Morgan fingerprint density at radius 3 is 2.51 bits per heavy atom. The minimum atomic E-state index is -5.43. The fourth-order valence-corrected chi connectivity index (χ4v) is 6.81. The second kappa shape index (κ2) is 9.87. The Morgan fingerprint density at radius 2 is 1.91 bits per heavy atom. The van der Waals surface area contributed by atoms with Gasteiger partial charge in [0.2, 0.25) is 5.95 Å². The number of nitrogens with one attached hydrogen (secondary N) is 1. The largest absolute Gasteiger partial charge is 0.492 e. The molecule has 23 heteroatoms. The monoisotopic (exact) mass is 587 g/mol. The van der Waals surface area contributed by atoms with Crippen LogP contribution in [0.2, 0.25) is 0 Å². The quantitative estimate of drug-likeness (QED) is 0.187. The standard InChI is InChI=1S/C12H18ClFN5O13P3/c1-27-33(22,23)31-35(26,28-2)32-34(24,25)29-3-5-7(20)12(13,14)10(30-5)19-4-16-6-8(19)17-11(15)18-9(6)21/h4-5,7,10,20H,3H2,1-2H3,(H,22,23)(H,24,25)(H3,15,17,18,21)/t5-,7-,10-,12-,35?/m1/s1. The van der Waals surface area contributed by atoms with E-state index >= 15 is 4.39 Å². The number of ether oxygens (including phenoxy) is 1. The molecule has 198 valence electrons. The van der Waals surface area contributed by atoms with Crippen molar-refractivity contribution in [2.24, 2.45) is 0 Å². The number of nitrogens with two attached hydrogens (primary N) is 1. The van der Waals surface area contributed by atoms with Crippen LogP contribution in [0.4, 0.5) is 10.3 Å². The van der Waals surface area contributed by atoms with Crippen molar-refractivity contribution in [1.82, 2.24) is 19.5 Å². The number of nitrogens with zero attached hydrogens (tertiary/aromatic N) is 3. The highest BCUT2D eigenvalue weighted by molar-refractivity contribution is 7.67. The summed E-state index contributed by atoms with van der Waals surface area (Å²) in [4.78, 5) is 40.7. The highest BCUT2D eigenvalue weighted by Crippen LogP contribution is 2.69. The number of imidazole rings is 1. The summed E-state index contributed by atoms with van der Waals surface area (Å²) in [5.41, 5.74) is 4.20. The highest BCUT2D eigenvalue weighted by atomic mass is 35.5. The van der Waals surface area contributed by atoms with Crippen LogP contribution in [0.25, 0.3) is 11.2 Å². The summed E-state index contributed by atoms with van der Waals surface area (Å²) < 4.78 is 78.2. The molecule has 18 nitrogen and oxygen atoms in total. The molecule has 1 aliphatic rings. The number of hydrogen-bond donors (Lipinski definition) is 5. The van der Waals surface area contributed by atoms with Crippen molar-refractivity contribution in [3.63, 3.8) is 0 Å². The molecule has 6 N–H and O–H groups in total. The lowest BCUT2D eigenvalue weighted by Gasteiger charge is -2.22. The van der Waals surface area contributed by atoms with E-state index in [1.807, 2.05) is 0 Å². The third-order valence-electron chi connectivity index (χ3n) is 4.35. The first-order valence-electron chi connectivity index (χ1n) is 8.92. The van der Waals surface area contributed by atoms with Crippen LogP contribution in [-0.2, 0) is 40.6 Å². The molecular formula is C12H18ClFN5O13P3. The summed E-state index contributed by atoms with van der Waals surface area (Å²) in [5, 5.41) is 7.16. The Labute approximate surface area is 198 Å². The number of rotatable bonds is 10. The number of aliphatic hydroxyl groups excluding tert-OH is 1. The maximum Gasteiger partial charge on any atom is 0.492 e. The van der Waals surface area contributed by atoms with Crippen molar-refractivity contribution in [2.45, 2.75) is 23.6 Å². The molecule has 2 aromatic rings. The summed E-state index contributed by atoms with van der Waals surface area (Å²) >= 11 is 5.81. The SMILES string of the molecule is COP(=O)(O)OP(=O)(OC)OP(=O)(O)OC[C@H]1O[C@@H](n2cnc3c(=O)[nH]c(N)nc32)[C@@](F)(Cl)[C@@H]1O. The van der Waals surface area contributed by atoms with Crippen LogP contribution in [0.1, 0.15) is 6.23 Å². The minimum absolute atomic E-state index is 0.256. The molecule has 0 aromatic carbocycles. The van der Waals surface area contributed by atoms with Gasteiger partial charge < -0.3 is 25.4 Å². The number of anilines is 1. The van der Waals surface area contributed by atoms with Gasteiger partial charge in [0.1, 0.15) is 12.2 Å². The molecule has 3 rings (SSSR count). The minimum Gasteiger partial charge on any atom is -0.385 e. The molecule has 35 heavy (non-hydrogen) atoms. The van der Waals surface area contributed by atoms with Gasteiger partial charge in [0.05, 0.1) is 12.9 Å². The molecule has 0 spiro atoms. The number of phosphoric ester groups is 2. The Balaban J connectivity index is 1.78. The van der Waals surface area contributed by atoms with Crippen molar-refractivity contribution in [2.75, 3.05) is 26.6 Å². The second-order valence-electron chi connectivity index (χ2n) is 6.63. The Bertz CT molecular complexity index is 1300. The summed E-state index contributed by atoms with van der Waals surface area (Å²) in [6.45, 7) is -1.10. The Kier molecular flexibility index (Phi) is 7.97. The van der Waals surface area contributed by atoms with Crippen molar-refractivity contribution in [3.8, 4) is 0 Å². The number of nitrogen functional groups attached to an aromatic ring is 1. The first kappa shape index (κ1) is 28.3. The predicted molar refractivity (Wildman–Crippen MR) is 112 cm³/mol. The lowest BCUT2D eigenvalue weighted by molar-refractivity contribution is -0.0474. The lowest BCUT2D eigenvalue weighted by atomic mass is 10.1. The van der Waals surface area contributed by atoms with Gasteiger partial charge in [0, 0.05) is 14.2 Å². The predicted octanol–water partition coefficient (Wildman–Crippen LogP) is 0.516. The zero-order valence-electron chi connectivity index (χ0n) is 17.5. The maximum atomic E-state index is 15.2. The van der Waals surface area contributed by atoms with Gasteiger partial charge in [-0.1, -0.05) is 11.6 Å². The van der Waals surface area contributed by atoms with E-state index in [0.717, 1.165) is 10.9 Å². The number of halogens is 2. The number of hydrogen-bond acceptors (Lipinski definition) is 14. The molecule has 1 fully saturated rings. The van der Waals surface area contributed by atoms with Crippen LogP contribution < -0.4 is 11.3 Å². The Hall–Kier alpha value is -1.30. The van der Waals surface area contributed by atoms with Gasteiger partial charge in [-0.25, -0.2) is 23.1 Å². The first-order chi connectivity index (χ1) is 16.0. The lowest BCUT2D eigenvalue weighted by Crippen LogP contribution is -2.38. The maximum absolute atomic E-state index is 15.2. The molecule has 1 aliphatic heterocycles. The molecular weight excluding hydrogens is 570 g/mol. The highest BCUT2D eigenvalue weighted by Gasteiger charge is 2.58. The second-order valence-corrected chi connectivity index (χ2v) is 12.3. The molecule has 7 atom stereocenters. The Morgan fingerprint density at radius 1 is 1.29 bits per heavy atom. The van der Waals surface area contributed by atoms with Gasteiger partial charge >= 0.3 is 23.5 Å². The van der Waals surface area contributed by atoms with Gasteiger partial charge in [-0.05, 0) is 0 Å². The topological polar surface area (TPSA) is 257 Å². The normalized spacial score (nSPS) is 30.1. The third kappa shape index (κ3) is 5.99. The average molecular weight is 588 g/mol. The summed E-state index contributed by atoms with van der Waals surface area (Å²) in [6, 6.07) is 0. The van der Waals surface area contributed by atoms with Gasteiger partial charge in [-0.3, -0.25) is 27.9 Å². The average Bonchev–Trinajstić information content (AvgIpc) is 3.24. The van der Waals surface area contributed by atoms with Crippen LogP contribution >= 0.6 is 35.1 Å². The smallest absolute Gasteiger partial charge is 0.385 e. The number of alkyl halides is 2. The first-order valence-corrected chi connectivity index (χ1v) is 13.7. The van der Waals surface area contributed by atoms with Gasteiger partial charge in [-0.2, -0.15) is 13.6 Å². The molecule has 3 heterocycles. The molecule has 3 unspecified atom stereocenters. The van der Waals surface area contributed by atoms with E-state index in [4.69, 9.17) is 22.1 Å². The molecule has 0 bridgehead atoms. The molecule has 0 saturated carbocycles. The van der Waals surface area contributed by atoms with Crippen LogP contribution in [0.3, 0.4) is 0 Å². The van der Waals surface area contributed by atoms with Gasteiger partial charge in [-0.15, -0.1) is 0 Å². The van der Waals surface area contributed by atoms with Crippen LogP contribution in [-0.4, -0.2) is 72.6 Å². The molecule has 2 aromatic heterocycles. The van der Waals surface area contributed by atoms with E-state index in [1.165, 1.54) is 0 Å². The van der Waals surface area contributed by atoms with E-state index in [1.54, 1.807) is 0 Å². The van der Waals surface area contributed by atoms with E-state index < -0.39 is 59.2 Å². The van der Waals surface area contributed by atoms with Gasteiger partial charge in [0.25, 0.3) is 10.7 Å². The zero-order chi connectivity index (χ0) is 26.4.